The van der Waals surface area contributed by atoms with Gasteiger partial charge in [0.25, 0.3) is 0 Å². The van der Waals surface area contributed by atoms with Crippen LogP contribution in [-0.4, -0.2) is 29.7 Å². The standard InChI is InChI=1S/C14H16FNO4/c1-2-11-8(6-7-20-11)13(17)16-12-9(14(18)19)4-3-5-10(12)15/h3-5,8,11H,2,6-7H2,1H3,(H,16,17)(H,18,19). The van der Waals surface area contributed by atoms with Gasteiger partial charge in [-0.05, 0) is 25.0 Å². The molecular formula is C14H16FNO4. The van der Waals surface area contributed by atoms with Gasteiger partial charge >= 0.3 is 5.97 Å². The van der Waals surface area contributed by atoms with Gasteiger partial charge in [-0.25, -0.2) is 9.18 Å². The zero-order valence-corrected chi connectivity index (χ0v) is 11.1. The molecule has 0 aromatic heterocycles. The molecule has 5 nitrogen and oxygen atoms in total. The third-order valence-electron chi connectivity index (χ3n) is 3.44. The van der Waals surface area contributed by atoms with E-state index in [0.717, 1.165) is 6.07 Å². The van der Waals surface area contributed by atoms with E-state index in [9.17, 15) is 14.0 Å². The minimum atomic E-state index is -1.28. The van der Waals surface area contributed by atoms with Crippen molar-refractivity contribution in [1.29, 1.82) is 0 Å². The van der Waals surface area contributed by atoms with Crippen LogP contribution in [-0.2, 0) is 9.53 Å². The number of benzene rings is 1. The van der Waals surface area contributed by atoms with Crippen LogP contribution < -0.4 is 5.32 Å². The summed E-state index contributed by atoms with van der Waals surface area (Å²) in [6, 6.07) is 3.66. The molecule has 1 aromatic carbocycles. The molecule has 0 spiro atoms. The Bertz CT molecular complexity index is 532. The largest absolute Gasteiger partial charge is 0.478 e. The van der Waals surface area contributed by atoms with Gasteiger partial charge in [0.15, 0.2) is 0 Å². The van der Waals surface area contributed by atoms with Crippen molar-refractivity contribution in [2.75, 3.05) is 11.9 Å². The molecule has 1 aromatic rings. The lowest BCUT2D eigenvalue weighted by atomic mass is 9.98. The van der Waals surface area contributed by atoms with Crippen LogP contribution in [0.2, 0.25) is 0 Å². The SMILES string of the molecule is CCC1OCCC1C(=O)Nc1c(F)cccc1C(=O)O. The molecule has 2 rings (SSSR count). The first kappa shape index (κ1) is 14.5. The summed E-state index contributed by atoms with van der Waals surface area (Å²) in [5.74, 6) is -2.82. The third kappa shape index (κ3) is 2.80. The van der Waals surface area contributed by atoms with Gasteiger partial charge in [-0.1, -0.05) is 13.0 Å². The molecule has 1 amide bonds. The average Bonchev–Trinajstić information content (AvgIpc) is 2.89. The number of carboxylic acid groups (broad SMARTS) is 1. The molecule has 1 aliphatic heterocycles. The fourth-order valence-electron chi connectivity index (χ4n) is 2.40. The fourth-order valence-corrected chi connectivity index (χ4v) is 2.40. The summed E-state index contributed by atoms with van der Waals surface area (Å²) in [6.45, 7) is 2.39. The van der Waals surface area contributed by atoms with Crippen molar-refractivity contribution in [2.24, 2.45) is 5.92 Å². The average molecular weight is 281 g/mol. The van der Waals surface area contributed by atoms with Crippen molar-refractivity contribution in [2.45, 2.75) is 25.9 Å². The number of hydrogen-bond acceptors (Lipinski definition) is 3. The molecule has 6 heteroatoms. The second-order valence-corrected chi connectivity index (χ2v) is 4.67. The van der Waals surface area contributed by atoms with Crippen LogP contribution in [0.25, 0.3) is 0 Å². The molecular weight excluding hydrogens is 265 g/mol. The van der Waals surface area contributed by atoms with E-state index in [2.05, 4.69) is 5.32 Å². The first-order chi connectivity index (χ1) is 9.54. The Morgan fingerprint density at radius 1 is 1.50 bits per heavy atom. The van der Waals surface area contributed by atoms with Gasteiger partial charge in [0, 0.05) is 6.61 Å². The van der Waals surface area contributed by atoms with Crippen LogP contribution in [0.1, 0.15) is 30.1 Å². The van der Waals surface area contributed by atoms with E-state index in [0.29, 0.717) is 19.4 Å². The van der Waals surface area contributed by atoms with Crippen molar-refractivity contribution >= 4 is 17.6 Å². The summed E-state index contributed by atoms with van der Waals surface area (Å²) in [6.07, 6.45) is 1.04. The third-order valence-corrected chi connectivity index (χ3v) is 3.44. The number of carbonyl (C=O) groups is 2. The van der Waals surface area contributed by atoms with Gasteiger partial charge in [-0.15, -0.1) is 0 Å². The number of nitrogens with one attached hydrogen (secondary N) is 1. The summed E-state index contributed by atoms with van der Waals surface area (Å²) >= 11 is 0. The highest BCUT2D eigenvalue weighted by atomic mass is 19.1. The molecule has 0 radical (unpaired) electrons. The van der Waals surface area contributed by atoms with Crippen LogP contribution in [0.3, 0.4) is 0 Å². The van der Waals surface area contributed by atoms with Crippen molar-refractivity contribution in [3.05, 3.63) is 29.6 Å². The first-order valence-electron chi connectivity index (χ1n) is 6.48. The van der Waals surface area contributed by atoms with Crippen molar-refractivity contribution in [1.82, 2.24) is 0 Å². The van der Waals surface area contributed by atoms with Crippen LogP contribution in [0.15, 0.2) is 18.2 Å². The second-order valence-electron chi connectivity index (χ2n) is 4.67. The van der Waals surface area contributed by atoms with E-state index < -0.39 is 17.7 Å². The van der Waals surface area contributed by atoms with E-state index in [1.165, 1.54) is 12.1 Å². The number of ether oxygens (including phenoxy) is 1. The van der Waals surface area contributed by atoms with Crippen LogP contribution >= 0.6 is 0 Å². The first-order valence-corrected chi connectivity index (χ1v) is 6.48. The maximum absolute atomic E-state index is 13.7. The van der Waals surface area contributed by atoms with Crippen LogP contribution in [0.5, 0.6) is 0 Å². The van der Waals surface area contributed by atoms with E-state index in [1.54, 1.807) is 0 Å². The lowest BCUT2D eigenvalue weighted by Gasteiger charge is -2.17. The number of carboxylic acids is 1. The van der Waals surface area contributed by atoms with Gasteiger partial charge in [0.2, 0.25) is 5.91 Å². The molecule has 1 aliphatic rings. The maximum Gasteiger partial charge on any atom is 0.337 e. The number of aromatic carboxylic acids is 1. The predicted molar refractivity (Wildman–Crippen MR) is 70.1 cm³/mol. The molecule has 20 heavy (non-hydrogen) atoms. The minimum Gasteiger partial charge on any atom is -0.478 e. The minimum absolute atomic E-state index is 0.199. The highest BCUT2D eigenvalue weighted by molar-refractivity contribution is 6.01. The summed E-state index contributed by atoms with van der Waals surface area (Å²) < 4.78 is 19.1. The van der Waals surface area contributed by atoms with Gasteiger partial charge in [-0.3, -0.25) is 4.79 Å². The molecule has 108 valence electrons. The van der Waals surface area contributed by atoms with E-state index in [1.807, 2.05) is 6.92 Å². The van der Waals surface area contributed by atoms with Crippen molar-refractivity contribution < 1.29 is 23.8 Å². The molecule has 1 saturated heterocycles. The smallest absolute Gasteiger partial charge is 0.337 e. The van der Waals surface area contributed by atoms with Gasteiger partial charge in [0.05, 0.1) is 23.3 Å². The van der Waals surface area contributed by atoms with E-state index >= 15 is 0 Å². The van der Waals surface area contributed by atoms with Gasteiger partial charge in [-0.2, -0.15) is 0 Å². The molecule has 2 N–H and O–H groups in total. The number of carbonyl (C=O) groups excluding carboxylic acids is 1. The molecule has 0 bridgehead atoms. The number of anilines is 1. The lowest BCUT2D eigenvalue weighted by molar-refractivity contribution is -0.121. The number of amides is 1. The Morgan fingerprint density at radius 2 is 2.25 bits per heavy atom. The quantitative estimate of drug-likeness (QED) is 0.887. The number of rotatable bonds is 4. The van der Waals surface area contributed by atoms with E-state index in [4.69, 9.17) is 9.84 Å². The molecule has 1 fully saturated rings. The summed E-state index contributed by atoms with van der Waals surface area (Å²) in [5, 5.41) is 11.4. The molecule has 1 heterocycles. The van der Waals surface area contributed by atoms with Gasteiger partial charge < -0.3 is 15.2 Å². The van der Waals surface area contributed by atoms with Crippen LogP contribution in [0, 0.1) is 11.7 Å². The summed E-state index contributed by atoms with van der Waals surface area (Å²) in [4.78, 5) is 23.2. The molecule has 0 aliphatic carbocycles. The van der Waals surface area contributed by atoms with Crippen molar-refractivity contribution in [3.8, 4) is 0 Å². The second kappa shape index (κ2) is 6.00. The number of halogens is 1. The Hall–Kier alpha value is -1.95. The molecule has 2 unspecified atom stereocenters. The number of hydrogen-bond donors (Lipinski definition) is 2. The Balaban J connectivity index is 2.21. The van der Waals surface area contributed by atoms with Crippen LogP contribution in [0.4, 0.5) is 10.1 Å². The maximum atomic E-state index is 13.7. The predicted octanol–water partition coefficient (Wildman–Crippen LogP) is 2.28. The Kier molecular flexibility index (Phi) is 4.34. The van der Waals surface area contributed by atoms with E-state index in [-0.39, 0.29) is 23.3 Å². The molecule has 2 atom stereocenters. The fraction of sp³-hybridized carbons (Fsp3) is 0.429. The lowest BCUT2D eigenvalue weighted by Crippen LogP contribution is -2.30. The number of para-hydroxylation sites is 1. The summed E-state index contributed by atoms with van der Waals surface area (Å²) in [7, 11) is 0. The highest BCUT2D eigenvalue weighted by Crippen LogP contribution is 2.27. The highest BCUT2D eigenvalue weighted by Gasteiger charge is 2.33. The summed E-state index contributed by atoms with van der Waals surface area (Å²) in [5.41, 5.74) is -0.544. The van der Waals surface area contributed by atoms with Gasteiger partial charge in [0.1, 0.15) is 5.82 Å². The Labute approximate surface area is 115 Å². The monoisotopic (exact) mass is 281 g/mol. The molecule has 0 saturated carbocycles. The zero-order chi connectivity index (χ0) is 14.7. The Morgan fingerprint density at radius 3 is 2.90 bits per heavy atom. The topological polar surface area (TPSA) is 75.6 Å². The van der Waals surface area contributed by atoms with Crippen molar-refractivity contribution in [3.63, 3.8) is 0 Å². The normalized spacial score (nSPS) is 21.7. The zero-order valence-electron chi connectivity index (χ0n) is 11.1.